The van der Waals surface area contributed by atoms with Gasteiger partial charge in [0.1, 0.15) is 5.75 Å². The Morgan fingerprint density at radius 2 is 2.10 bits per heavy atom. The molecule has 1 aromatic rings. The first-order valence-electron chi connectivity index (χ1n) is 6.78. The van der Waals surface area contributed by atoms with E-state index in [1.807, 2.05) is 6.92 Å². The van der Waals surface area contributed by atoms with Crippen molar-refractivity contribution in [2.75, 3.05) is 19.6 Å². The number of likely N-dealkylation sites (N-methyl/N-ethyl adjacent to an activating group) is 1. The minimum Gasteiger partial charge on any atom is -0.405 e. The zero-order valence-corrected chi connectivity index (χ0v) is 11.4. The largest absolute Gasteiger partial charge is 0.573 e. The van der Waals surface area contributed by atoms with Crippen LogP contribution in [0, 0.1) is 0 Å². The Kier molecular flexibility index (Phi) is 4.88. The first kappa shape index (κ1) is 15.1. The van der Waals surface area contributed by atoms with Gasteiger partial charge in [0.15, 0.2) is 0 Å². The fraction of sp³-hybridized carbons (Fsp3) is 0.571. The molecular formula is C14H19F3N2O. The molecule has 2 rings (SSSR count). The molecule has 1 unspecified atom stereocenters. The number of alkyl halides is 3. The molecule has 1 fully saturated rings. The lowest BCUT2D eigenvalue weighted by Gasteiger charge is -2.27. The minimum absolute atomic E-state index is 0.107. The van der Waals surface area contributed by atoms with Crippen molar-refractivity contribution in [3.05, 3.63) is 29.8 Å². The molecule has 0 aliphatic carbocycles. The molecule has 6 heteroatoms. The van der Waals surface area contributed by atoms with Crippen LogP contribution in [0.4, 0.5) is 13.2 Å². The van der Waals surface area contributed by atoms with E-state index in [2.05, 4.69) is 15.0 Å². The zero-order chi connectivity index (χ0) is 14.6. The molecule has 1 saturated heterocycles. The molecule has 1 aromatic carbocycles. The highest BCUT2D eigenvalue weighted by Gasteiger charge is 2.32. The van der Waals surface area contributed by atoms with Crippen LogP contribution >= 0.6 is 0 Å². The molecule has 112 valence electrons. The van der Waals surface area contributed by atoms with Crippen molar-refractivity contribution in [2.45, 2.75) is 32.3 Å². The molecule has 1 atom stereocenters. The quantitative estimate of drug-likeness (QED) is 0.901. The van der Waals surface area contributed by atoms with Gasteiger partial charge in [-0.3, -0.25) is 4.90 Å². The number of nitrogens with zero attached hydrogens (tertiary/aromatic N) is 1. The van der Waals surface area contributed by atoms with Gasteiger partial charge in [-0.2, -0.15) is 0 Å². The number of ether oxygens (including phenoxy) is 1. The van der Waals surface area contributed by atoms with Gasteiger partial charge in [-0.05, 0) is 25.6 Å². The number of nitrogens with one attached hydrogen (secondary N) is 1. The Morgan fingerprint density at radius 1 is 1.35 bits per heavy atom. The molecule has 20 heavy (non-hydrogen) atoms. The molecule has 0 amide bonds. The molecular weight excluding hydrogens is 269 g/mol. The van der Waals surface area contributed by atoms with Crippen molar-refractivity contribution in [1.29, 1.82) is 0 Å². The molecule has 0 bridgehead atoms. The standard InChI is InChI=1S/C14H19F3N2O/c1-2-19(12-7-8-18-9-12)10-11-5-3-4-6-13(11)20-14(15,16)17/h3-6,12,18H,2,7-10H2,1H3. The maximum absolute atomic E-state index is 12.4. The van der Waals surface area contributed by atoms with Crippen molar-refractivity contribution >= 4 is 0 Å². The highest BCUT2D eigenvalue weighted by molar-refractivity contribution is 5.33. The Labute approximate surface area is 116 Å². The van der Waals surface area contributed by atoms with Crippen LogP contribution in [-0.2, 0) is 6.54 Å². The number of halogens is 3. The van der Waals surface area contributed by atoms with E-state index >= 15 is 0 Å². The molecule has 1 aliphatic heterocycles. The van der Waals surface area contributed by atoms with Crippen LogP contribution in [-0.4, -0.2) is 36.9 Å². The van der Waals surface area contributed by atoms with Crippen molar-refractivity contribution in [3.8, 4) is 5.75 Å². The van der Waals surface area contributed by atoms with E-state index in [-0.39, 0.29) is 5.75 Å². The van der Waals surface area contributed by atoms with Crippen LogP contribution in [0.25, 0.3) is 0 Å². The summed E-state index contributed by atoms with van der Waals surface area (Å²) in [5.74, 6) is -0.107. The van der Waals surface area contributed by atoms with Crippen molar-refractivity contribution in [3.63, 3.8) is 0 Å². The van der Waals surface area contributed by atoms with E-state index in [0.717, 1.165) is 26.1 Å². The smallest absolute Gasteiger partial charge is 0.405 e. The van der Waals surface area contributed by atoms with Gasteiger partial charge in [0.05, 0.1) is 0 Å². The summed E-state index contributed by atoms with van der Waals surface area (Å²) >= 11 is 0. The van der Waals surface area contributed by atoms with Gasteiger partial charge >= 0.3 is 6.36 Å². The van der Waals surface area contributed by atoms with E-state index in [0.29, 0.717) is 18.2 Å². The summed E-state index contributed by atoms with van der Waals surface area (Å²) in [7, 11) is 0. The molecule has 0 aromatic heterocycles. The highest BCUT2D eigenvalue weighted by atomic mass is 19.4. The summed E-state index contributed by atoms with van der Waals surface area (Å²) in [4.78, 5) is 2.18. The normalized spacial score (nSPS) is 19.6. The summed E-state index contributed by atoms with van der Waals surface area (Å²) in [5, 5.41) is 3.27. The third-order valence-corrected chi connectivity index (χ3v) is 3.53. The van der Waals surface area contributed by atoms with Crippen molar-refractivity contribution in [2.24, 2.45) is 0 Å². The molecule has 0 radical (unpaired) electrons. The van der Waals surface area contributed by atoms with Crippen molar-refractivity contribution < 1.29 is 17.9 Å². The second kappa shape index (κ2) is 6.45. The van der Waals surface area contributed by atoms with E-state index in [4.69, 9.17) is 0 Å². The third-order valence-electron chi connectivity index (χ3n) is 3.53. The van der Waals surface area contributed by atoms with Gasteiger partial charge in [0, 0.05) is 24.7 Å². The van der Waals surface area contributed by atoms with Crippen LogP contribution in [0.3, 0.4) is 0 Å². The Morgan fingerprint density at radius 3 is 2.70 bits per heavy atom. The predicted octanol–water partition coefficient (Wildman–Crippen LogP) is 2.77. The fourth-order valence-electron chi connectivity index (χ4n) is 2.53. The van der Waals surface area contributed by atoms with Gasteiger partial charge < -0.3 is 10.1 Å². The maximum atomic E-state index is 12.4. The predicted molar refractivity (Wildman–Crippen MR) is 70.5 cm³/mol. The summed E-state index contributed by atoms with van der Waals surface area (Å²) < 4.78 is 41.3. The number of hydrogen-bond donors (Lipinski definition) is 1. The lowest BCUT2D eigenvalue weighted by molar-refractivity contribution is -0.275. The molecule has 1 N–H and O–H groups in total. The second-order valence-corrected chi connectivity index (χ2v) is 4.87. The molecule has 1 aliphatic rings. The third kappa shape index (κ3) is 4.11. The lowest BCUT2D eigenvalue weighted by Crippen LogP contribution is -2.36. The van der Waals surface area contributed by atoms with Crippen molar-refractivity contribution in [1.82, 2.24) is 10.2 Å². The number of hydrogen-bond acceptors (Lipinski definition) is 3. The van der Waals surface area contributed by atoms with Crippen LogP contribution in [0.15, 0.2) is 24.3 Å². The van der Waals surface area contributed by atoms with Gasteiger partial charge in [-0.1, -0.05) is 25.1 Å². The first-order chi connectivity index (χ1) is 9.49. The van der Waals surface area contributed by atoms with E-state index < -0.39 is 6.36 Å². The van der Waals surface area contributed by atoms with Gasteiger partial charge in [-0.25, -0.2) is 0 Å². The average Bonchev–Trinajstić information content (AvgIpc) is 2.89. The summed E-state index contributed by atoms with van der Waals surface area (Å²) in [5.41, 5.74) is 0.568. The van der Waals surface area contributed by atoms with E-state index in [1.165, 1.54) is 6.07 Å². The molecule has 0 saturated carbocycles. The first-order valence-corrected chi connectivity index (χ1v) is 6.78. The van der Waals surface area contributed by atoms with Gasteiger partial charge in [-0.15, -0.1) is 13.2 Å². The number of para-hydroxylation sites is 1. The summed E-state index contributed by atoms with van der Waals surface area (Å²) in [6.45, 7) is 5.13. The van der Waals surface area contributed by atoms with Gasteiger partial charge in [0.25, 0.3) is 0 Å². The lowest BCUT2D eigenvalue weighted by atomic mass is 10.1. The van der Waals surface area contributed by atoms with E-state index in [9.17, 15) is 13.2 Å². The molecule has 0 spiro atoms. The summed E-state index contributed by atoms with van der Waals surface area (Å²) in [6.07, 6.45) is -3.63. The van der Waals surface area contributed by atoms with Crippen LogP contribution in [0.5, 0.6) is 5.75 Å². The SMILES string of the molecule is CCN(Cc1ccccc1OC(F)(F)F)C1CCNC1. The van der Waals surface area contributed by atoms with Gasteiger partial charge in [0.2, 0.25) is 0 Å². The Balaban J connectivity index is 2.11. The summed E-state index contributed by atoms with van der Waals surface area (Å²) in [6, 6.07) is 6.71. The van der Waals surface area contributed by atoms with Crippen LogP contribution in [0.1, 0.15) is 18.9 Å². The second-order valence-electron chi connectivity index (χ2n) is 4.87. The maximum Gasteiger partial charge on any atom is 0.573 e. The number of benzene rings is 1. The van der Waals surface area contributed by atoms with Crippen LogP contribution < -0.4 is 10.1 Å². The average molecular weight is 288 g/mol. The highest BCUT2D eigenvalue weighted by Crippen LogP contribution is 2.27. The van der Waals surface area contributed by atoms with Crippen LogP contribution in [0.2, 0.25) is 0 Å². The topological polar surface area (TPSA) is 24.5 Å². The number of rotatable bonds is 5. The molecule has 1 heterocycles. The monoisotopic (exact) mass is 288 g/mol. The fourth-order valence-corrected chi connectivity index (χ4v) is 2.53. The van der Waals surface area contributed by atoms with E-state index in [1.54, 1.807) is 18.2 Å². The zero-order valence-electron chi connectivity index (χ0n) is 11.4. The Bertz CT molecular complexity index is 431. The Hall–Kier alpha value is -1.27. The minimum atomic E-state index is -4.65. The molecule has 3 nitrogen and oxygen atoms in total.